The fourth-order valence-electron chi connectivity index (χ4n) is 4.49. The highest BCUT2D eigenvalue weighted by molar-refractivity contribution is 5.87. The first-order valence-electron chi connectivity index (χ1n) is 10.9. The lowest BCUT2D eigenvalue weighted by molar-refractivity contribution is 0.135. The molecule has 0 spiro atoms. The van der Waals surface area contributed by atoms with Crippen molar-refractivity contribution in [1.29, 1.82) is 0 Å². The van der Waals surface area contributed by atoms with Gasteiger partial charge in [0.05, 0.1) is 14.2 Å². The van der Waals surface area contributed by atoms with E-state index < -0.39 is 0 Å². The van der Waals surface area contributed by atoms with Crippen molar-refractivity contribution in [3.05, 3.63) is 89.1 Å². The Morgan fingerprint density at radius 2 is 1.61 bits per heavy atom. The average Bonchev–Trinajstić information content (AvgIpc) is 3.22. The van der Waals surface area contributed by atoms with Gasteiger partial charge in [0.25, 0.3) is 0 Å². The Morgan fingerprint density at radius 3 is 2.30 bits per heavy atom. The number of hydrogen-bond acceptors (Lipinski definition) is 4. The molecule has 4 aromatic rings. The molecule has 3 aromatic carbocycles. The van der Waals surface area contributed by atoms with Crippen LogP contribution in [0.4, 0.5) is 4.79 Å². The molecule has 0 saturated heterocycles. The van der Waals surface area contributed by atoms with Gasteiger partial charge in [-0.05, 0) is 66.9 Å². The molecule has 33 heavy (non-hydrogen) atoms. The Morgan fingerprint density at radius 1 is 0.939 bits per heavy atom. The second-order valence-electron chi connectivity index (χ2n) is 8.23. The number of hydrogen-bond donors (Lipinski definition) is 1. The number of nitrogens with one attached hydrogen (secondary N) is 1. The molecule has 6 nitrogen and oxygen atoms in total. The molecular formula is C27H28N2O4. The van der Waals surface area contributed by atoms with E-state index in [9.17, 15) is 4.79 Å². The fraction of sp³-hybridized carbons (Fsp3) is 0.222. The van der Waals surface area contributed by atoms with Crippen molar-refractivity contribution in [1.82, 2.24) is 9.88 Å². The van der Waals surface area contributed by atoms with Gasteiger partial charge < -0.3 is 19.2 Å². The lowest BCUT2D eigenvalue weighted by Gasteiger charge is -2.35. The van der Waals surface area contributed by atoms with Crippen LogP contribution in [0.1, 0.15) is 29.9 Å². The average molecular weight is 445 g/mol. The number of nitrogens with zero attached hydrogens (tertiary/aromatic N) is 1. The molecule has 0 fully saturated rings. The van der Waals surface area contributed by atoms with Crippen LogP contribution in [0.3, 0.4) is 0 Å². The van der Waals surface area contributed by atoms with E-state index in [0.29, 0.717) is 12.3 Å². The third kappa shape index (κ3) is 3.89. The lowest BCUT2D eigenvalue weighted by Crippen LogP contribution is -2.42. The Kier molecular flexibility index (Phi) is 5.42. The third-order valence-corrected chi connectivity index (χ3v) is 6.23. The molecule has 0 saturated carbocycles. The largest absolute Gasteiger partial charge is 0.497 e. The van der Waals surface area contributed by atoms with Gasteiger partial charge in [-0.2, -0.15) is 0 Å². The minimum absolute atomic E-state index is 0. The predicted octanol–water partition coefficient (Wildman–Crippen LogP) is 5.89. The summed E-state index contributed by atoms with van der Waals surface area (Å²) in [5.74, 6) is 2.11. The number of rotatable bonds is 4. The first kappa shape index (κ1) is 20.9. The van der Waals surface area contributed by atoms with Crippen LogP contribution in [0.5, 0.6) is 17.2 Å². The van der Waals surface area contributed by atoms with E-state index in [0.717, 1.165) is 45.6 Å². The number of aromatic amines is 1. The van der Waals surface area contributed by atoms with Gasteiger partial charge in [0.1, 0.15) is 23.3 Å². The number of aromatic nitrogens is 1. The topological polar surface area (TPSA) is 63.8 Å². The number of aryl methyl sites for hydroxylation is 1. The van der Waals surface area contributed by atoms with Crippen molar-refractivity contribution in [2.45, 2.75) is 19.4 Å². The van der Waals surface area contributed by atoms with Crippen molar-refractivity contribution in [2.75, 3.05) is 20.8 Å². The number of methoxy groups -OCH3 is 2. The Balaban J connectivity index is 0.00000274. The van der Waals surface area contributed by atoms with Crippen molar-refractivity contribution >= 4 is 17.0 Å². The number of H-pyrrole nitrogens is 1. The molecule has 1 amide bonds. The van der Waals surface area contributed by atoms with Gasteiger partial charge in [0, 0.05) is 24.6 Å². The molecule has 1 atom stereocenters. The molecule has 1 aliphatic rings. The maximum atomic E-state index is 13.3. The van der Waals surface area contributed by atoms with Crippen LogP contribution in [-0.4, -0.2) is 36.7 Å². The molecule has 1 aliphatic heterocycles. The smallest absolute Gasteiger partial charge is 0.416 e. The number of carbonyl (C=O) groups excluding carboxylic acids is 1. The Hall–Kier alpha value is -3.93. The normalized spacial score (nSPS) is 15.2. The van der Waals surface area contributed by atoms with Gasteiger partial charge >= 0.3 is 6.09 Å². The van der Waals surface area contributed by atoms with E-state index in [1.807, 2.05) is 67.6 Å². The number of fused-ring (bicyclic) bond motifs is 3. The molecule has 5 rings (SSSR count). The fourth-order valence-corrected chi connectivity index (χ4v) is 4.49. The number of ether oxygens (including phenoxy) is 3. The highest BCUT2D eigenvalue weighted by Crippen LogP contribution is 2.40. The Bertz CT molecular complexity index is 1300. The van der Waals surface area contributed by atoms with Crippen LogP contribution in [0.25, 0.3) is 10.9 Å². The molecule has 0 aliphatic carbocycles. The molecular weight excluding hydrogens is 416 g/mol. The standard InChI is InChI=1S/C27H26N2O4.H2/c1-17-4-8-20(9-5-17)33-27(30)29-15-14-22-23-16-21(32-3)12-13-24(23)28-25(22)26(29)18-6-10-19(31-2)11-7-18;/h4-13,16,26,28H,14-15H2,1-3H3;1H. The summed E-state index contributed by atoms with van der Waals surface area (Å²) in [4.78, 5) is 18.7. The summed E-state index contributed by atoms with van der Waals surface area (Å²) < 4.78 is 16.5. The van der Waals surface area contributed by atoms with Gasteiger partial charge in [0.15, 0.2) is 0 Å². The minimum atomic E-state index is -0.374. The van der Waals surface area contributed by atoms with E-state index in [-0.39, 0.29) is 13.6 Å². The van der Waals surface area contributed by atoms with Crippen LogP contribution in [-0.2, 0) is 6.42 Å². The van der Waals surface area contributed by atoms with E-state index in [2.05, 4.69) is 11.1 Å². The van der Waals surface area contributed by atoms with Crippen LogP contribution in [0.2, 0.25) is 0 Å². The van der Waals surface area contributed by atoms with E-state index >= 15 is 0 Å². The molecule has 1 aromatic heterocycles. The molecule has 0 radical (unpaired) electrons. The van der Waals surface area contributed by atoms with Gasteiger partial charge in [-0.25, -0.2) is 4.79 Å². The van der Waals surface area contributed by atoms with Crippen molar-refractivity contribution in [2.24, 2.45) is 0 Å². The summed E-state index contributed by atoms with van der Waals surface area (Å²) in [6.45, 7) is 2.54. The third-order valence-electron chi connectivity index (χ3n) is 6.23. The highest BCUT2D eigenvalue weighted by Gasteiger charge is 2.35. The van der Waals surface area contributed by atoms with E-state index in [1.54, 1.807) is 19.1 Å². The van der Waals surface area contributed by atoms with Crippen molar-refractivity contribution < 1.29 is 20.4 Å². The monoisotopic (exact) mass is 444 g/mol. The molecule has 1 unspecified atom stereocenters. The SMILES string of the molecule is COc1ccc(C2c3[nH]c4ccc(OC)cc4c3CCN2C(=O)Oc2ccc(C)cc2)cc1.[HH]. The van der Waals surface area contributed by atoms with Crippen LogP contribution < -0.4 is 14.2 Å². The zero-order chi connectivity index (χ0) is 22.9. The van der Waals surface area contributed by atoms with Crippen molar-refractivity contribution in [3.8, 4) is 17.2 Å². The zero-order valence-electron chi connectivity index (χ0n) is 18.9. The zero-order valence-corrected chi connectivity index (χ0v) is 18.9. The van der Waals surface area contributed by atoms with Gasteiger partial charge in [-0.15, -0.1) is 0 Å². The number of benzene rings is 3. The summed E-state index contributed by atoms with van der Waals surface area (Å²) >= 11 is 0. The predicted molar refractivity (Wildman–Crippen MR) is 129 cm³/mol. The Labute approximate surface area is 194 Å². The summed E-state index contributed by atoms with van der Waals surface area (Å²) in [5, 5.41) is 1.12. The quantitative estimate of drug-likeness (QED) is 0.427. The molecule has 6 heteroatoms. The lowest BCUT2D eigenvalue weighted by atomic mass is 9.92. The maximum Gasteiger partial charge on any atom is 0.416 e. The molecule has 0 bridgehead atoms. The van der Waals surface area contributed by atoms with Crippen LogP contribution in [0, 0.1) is 6.92 Å². The maximum absolute atomic E-state index is 13.3. The van der Waals surface area contributed by atoms with E-state index in [1.165, 1.54) is 5.56 Å². The summed E-state index contributed by atoms with van der Waals surface area (Å²) in [6, 6.07) is 21.0. The van der Waals surface area contributed by atoms with Gasteiger partial charge in [-0.1, -0.05) is 29.8 Å². The number of amides is 1. The number of carbonyl (C=O) groups is 1. The second kappa shape index (κ2) is 8.54. The molecule has 2 heterocycles. The summed E-state index contributed by atoms with van der Waals surface area (Å²) in [5.41, 5.74) is 5.31. The van der Waals surface area contributed by atoms with Crippen LogP contribution >= 0.6 is 0 Å². The van der Waals surface area contributed by atoms with Crippen LogP contribution in [0.15, 0.2) is 66.7 Å². The van der Waals surface area contributed by atoms with E-state index in [4.69, 9.17) is 14.2 Å². The first-order chi connectivity index (χ1) is 16.1. The highest BCUT2D eigenvalue weighted by atomic mass is 16.6. The van der Waals surface area contributed by atoms with Crippen molar-refractivity contribution in [3.63, 3.8) is 0 Å². The van der Waals surface area contributed by atoms with Gasteiger partial charge in [0.2, 0.25) is 0 Å². The summed E-state index contributed by atoms with van der Waals surface area (Å²) in [6.07, 6.45) is 0.347. The first-order valence-corrected chi connectivity index (χ1v) is 10.9. The second-order valence-corrected chi connectivity index (χ2v) is 8.23. The molecule has 1 N–H and O–H groups in total. The minimum Gasteiger partial charge on any atom is -0.497 e. The summed E-state index contributed by atoms with van der Waals surface area (Å²) in [7, 11) is 3.31. The molecule has 170 valence electrons. The van der Waals surface area contributed by atoms with Gasteiger partial charge in [-0.3, -0.25) is 4.90 Å².